The average Bonchev–Trinajstić information content (AvgIpc) is 3.52. The van der Waals surface area contributed by atoms with Gasteiger partial charge in [-0.15, -0.1) is 0 Å². The van der Waals surface area contributed by atoms with Crippen LogP contribution in [0.15, 0.2) is 17.9 Å². The number of nitrogens with zero attached hydrogens (tertiary/aromatic N) is 2. The Kier molecular flexibility index (Phi) is 7.87. The maximum atomic E-state index is 5.05. The van der Waals surface area contributed by atoms with Gasteiger partial charge in [0, 0.05) is 16.7 Å². The SMILES string of the molecule is Cc1c2nc(c(C)c3[nH]c(c(Br)c3Br)c(C)c3[nH]c(c(C)c4nc1C(Br)=C4Br)c(Br)c3Br)C(Br)=C2Br. The molecule has 0 radical (unpaired) electrons. The normalized spacial score (nSPS) is 13.9. The van der Waals surface area contributed by atoms with E-state index in [4.69, 9.17) is 9.97 Å². The van der Waals surface area contributed by atoms with Gasteiger partial charge in [0.15, 0.2) is 0 Å². The van der Waals surface area contributed by atoms with Crippen LogP contribution in [-0.2, 0) is 0 Å². The Hall–Kier alpha value is 0.440. The standard InChI is InChI=1S/C24H14Br8N4/c1-5-17-9(25)11(27)19(33-17)6(2)21-13(29)15(31)23(35-21)8(4)24-16(32)14(30)22(36-24)7(3)20-12(28)10(26)18(5)34-20/h33-34H,1-4H3. The summed E-state index contributed by atoms with van der Waals surface area (Å²) in [6.07, 6.45) is 0. The van der Waals surface area contributed by atoms with E-state index in [0.29, 0.717) is 0 Å². The first-order chi connectivity index (χ1) is 16.9. The highest BCUT2D eigenvalue weighted by Crippen LogP contribution is 2.47. The summed E-state index contributed by atoms with van der Waals surface area (Å²) in [5, 5.41) is 0. The number of hydrogen-bond donors (Lipinski definition) is 2. The molecule has 3 aromatic heterocycles. The van der Waals surface area contributed by atoms with Crippen molar-refractivity contribution in [2.24, 2.45) is 0 Å². The Labute approximate surface area is 274 Å². The molecule has 0 aliphatic carbocycles. The van der Waals surface area contributed by atoms with E-state index in [1.54, 1.807) is 0 Å². The minimum atomic E-state index is 0.828. The van der Waals surface area contributed by atoms with Crippen molar-refractivity contribution in [3.8, 4) is 0 Å². The summed E-state index contributed by atoms with van der Waals surface area (Å²) in [4.78, 5) is 17.4. The van der Waals surface area contributed by atoms with Crippen LogP contribution in [0.2, 0.25) is 0 Å². The molecule has 5 rings (SSSR count). The van der Waals surface area contributed by atoms with Gasteiger partial charge in [0.1, 0.15) is 0 Å². The molecule has 2 N–H and O–H groups in total. The molecule has 0 aromatic carbocycles. The highest BCUT2D eigenvalue weighted by Gasteiger charge is 2.27. The Bertz CT molecular complexity index is 1630. The fraction of sp³-hybridized carbons (Fsp3) is 0.167. The van der Waals surface area contributed by atoms with E-state index in [1.165, 1.54) is 0 Å². The van der Waals surface area contributed by atoms with Gasteiger partial charge in [0.2, 0.25) is 0 Å². The van der Waals surface area contributed by atoms with Crippen LogP contribution in [0.5, 0.6) is 0 Å². The average molecular weight is 998 g/mol. The van der Waals surface area contributed by atoms with Crippen molar-refractivity contribution in [3.63, 3.8) is 0 Å². The molecular weight excluding hydrogens is 984 g/mol. The lowest BCUT2D eigenvalue weighted by Gasteiger charge is -2.00. The molecular formula is C24H14Br8N4. The molecule has 0 saturated carbocycles. The zero-order valence-corrected chi connectivity index (χ0v) is 31.6. The maximum Gasteiger partial charge on any atom is 0.0842 e. The Morgan fingerprint density at radius 1 is 0.389 bits per heavy atom. The monoisotopic (exact) mass is 989 g/mol. The fourth-order valence-corrected chi connectivity index (χ4v) is 8.92. The van der Waals surface area contributed by atoms with Crippen molar-refractivity contribution in [3.05, 3.63) is 62.9 Å². The van der Waals surface area contributed by atoms with Crippen molar-refractivity contribution in [2.75, 3.05) is 0 Å². The lowest BCUT2D eigenvalue weighted by atomic mass is 10.2. The number of aromatic amines is 2. The molecule has 3 aromatic rings. The number of nitrogens with one attached hydrogen (secondary N) is 2. The molecule has 36 heavy (non-hydrogen) atoms. The number of halogens is 8. The zero-order valence-electron chi connectivity index (χ0n) is 18.9. The van der Waals surface area contributed by atoms with Crippen LogP contribution < -0.4 is 0 Å². The topological polar surface area (TPSA) is 57.4 Å². The maximum absolute atomic E-state index is 5.05. The van der Waals surface area contributed by atoms with Gasteiger partial charge in [-0.1, -0.05) is 0 Å². The smallest absolute Gasteiger partial charge is 0.0842 e. The predicted molar refractivity (Wildman–Crippen MR) is 180 cm³/mol. The molecule has 0 saturated heterocycles. The third kappa shape index (κ3) is 4.14. The Morgan fingerprint density at radius 2 is 0.639 bits per heavy atom. The molecule has 2 aliphatic rings. The molecule has 8 bridgehead atoms. The summed E-state index contributed by atoms with van der Waals surface area (Å²) in [6.45, 7) is 8.25. The summed E-state index contributed by atoms with van der Waals surface area (Å²) >= 11 is 30.3. The van der Waals surface area contributed by atoms with Gasteiger partial charge in [-0.25, -0.2) is 9.97 Å². The van der Waals surface area contributed by atoms with E-state index in [1.807, 2.05) is 6.92 Å². The van der Waals surface area contributed by atoms with Gasteiger partial charge in [-0.05, 0) is 161 Å². The van der Waals surface area contributed by atoms with Gasteiger partial charge < -0.3 is 9.97 Å². The van der Waals surface area contributed by atoms with Gasteiger partial charge in [-0.3, -0.25) is 0 Å². The van der Waals surface area contributed by atoms with Gasteiger partial charge in [-0.2, -0.15) is 0 Å². The number of aromatic nitrogens is 4. The number of rotatable bonds is 0. The van der Waals surface area contributed by atoms with Crippen molar-refractivity contribution in [1.82, 2.24) is 19.9 Å². The van der Waals surface area contributed by atoms with E-state index in [0.717, 1.165) is 103 Å². The summed E-state index contributed by atoms with van der Waals surface area (Å²) in [7, 11) is 0. The highest BCUT2D eigenvalue weighted by molar-refractivity contribution is 9.18. The second-order valence-electron chi connectivity index (χ2n) is 8.38. The van der Waals surface area contributed by atoms with Gasteiger partial charge >= 0.3 is 0 Å². The molecule has 5 heterocycles. The summed E-state index contributed by atoms with van der Waals surface area (Å²) < 4.78 is 7.31. The third-order valence-electron chi connectivity index (χ3n) is 6.35. The van der Waals surface area contributed by atoms with Crippen LogP contribution in [0.3, 0.4) is 0 Å². The van der Waals surface area contributed by atoms with Crippen LogP contribution in [0.4, 0.5) is 0 Å². The second kappa shape index (κ2) is 10.1. The molecule has 0 atom stereocenters. The molecule has 0 spiro atoms. The minimum absolute atomic E-state index is 0.828. The van der Waals surface area contributed by atoms with Crippen LogP contribution in [0, 0.1) is 27.7 Å². The Balaban J connectivity index is 2.14. The number of H-pyrrole nitrogens is 2. The van der Waals surface area contributed by atoms with E-state index in [9.17, 15) is 0 Å². The molecule has 2 aliphatic heterocycles. The lowest BCUT2D eigenvalue weighted by molar-refractivity contribution is 1.19. The third-order valence-corrected chi connectivity index (χ3v) is 14.7. The van der Waals surface area contributed by atoms with Crippen LogP contribution in [0.25, 0.3) is 40.0 Å². The highest BCUT2D eigenvalue weighted by atomic mass is 79.9. The van der Waals surface area contributed by atoms with Crippen LogP contribution in [0.1, 0.15) is 45.0 Å². The van der Waals surface area contributed by atoms with Crippen LogP contribution in [-0.4, -0.2) is 19.9 Å². The van der Waals surface area contributed by atoms with Crippen molar-refractivity contribution in [2.45, 2.75) is 27.7 Å². The Morgan fingerprint density at radius 3 is 0.944 bits per heavy atom. The summed E-state index contributed by atoms with van der Waals surface area (Å²) in [5.41, 5.74) is 11.1. The lowest BCUT2D eigenvalue weighted by Crippen LogP contribution is -1.90. The largest absolute Gasteiger partial charge is 0.353 e. The second-order valence-corrected chi connectivity index (χ2v) is 14.7. The van der Waals surface area contributed by atoms with Crippen LogP contribution >= 0.6 is 127 Å². The molecule has 0 amide bonds. The number of fused-ring (bicyclic) bond motifs is 8. The summed E-state index contributed by atoms with van der Waals surface area (Å²) in [5.74, 6) is 0. The van der Waals surface area contributed by atoms with Gasteiger partial charge in [0.25, 0.3) is 0 Å². The molecule has 0 unspecified atom stereocenters. The number of aryl methyl sites for hydroxylation is 3. The summed E-state index contributed by atoms with van der Waals surface area (Å²) in [6, 6.07) is 0. The van der Waals surface area contributed by atoms with E-state index in [2.05, 4.69) is 158 Å². The van der Waals surface area contributed by atoms with E-state index in [-0.39, 0.29) is 0 Å². The minimum Gasteiger partial charge on any atom is -0.353 e. The molecule has 0 fully saturated rings. The fourth-order valence-electron chi connectivity index (χ4n) is 4.25. The quantitative estimate of drug-likeness (QED) is 0.236. The van der Waals surface area contributed by atoms with Gasteiger partial charge in [0.05, 0.1) is 80.7 Å². The van der Waals surface area contributed by atoms with Crippen molar-refractivity contribution >= 4 is 167 Å². The predicted octanol–water partition coefficient (Wildman–Crippen LogP) is 11.8. The molecule has 12 heteroatoms. The van der Waals surface area contributed by atoms with E-state index >= 15 is 0 Å². The molecule has 186 valence electrons. The first-order valence-electron chi connectivity index (χ1n) is 10.4. The first-order valence-corrected chi connectivity index (χ1v) is 16.8. The zero-order chi connectivity index (χ0) is 26.4. The van der Waals surface area contributed by atoms with Crippen molar-refractivity contribution in [1.29, 1.82) is 0 Å². The molecule has 4 nitrogen and oxygen atoms in total. The van der Waals surface area contributed by atoms with E-state index < -0.39 is 0 Å². The van der Waals surface area contributed by atoms with Crippen molar-refractivity contribution < 1.29 is 0 Å². The first kappa shape index (κ1) is 28.0. The number of hydrogen-bond acceptors (Lipinski definition) is 2.